The molecule has 1 atom stereocenters. The second kappa shape index (κ2) is 6.31. The first-order valence-corrected chi connectivity index (χ1v) is 5.89. The van der Waals surface area contributed by atoms with Crippen LogP contribution in [0.3, 0.4) is 0 Å². The molecule has 2 rings (SSSR count). The molecule has 0 unspecified atom stereocenters. The van der Waals surface area contributed by atoms with Crippen molar-refractivity contribution >= 4 is 12.4 Å². The first kappa shape index (κ1) is 14.4. The lowest BCUT2D eigenvalue weighted by molar-refractivity contribution is 0.301. The molecule has 1 fully saturated rings. The Morgan fingerprint density at radius 2 is 1.76 bits per heavy atom. The Labute approximate surface area is 107 Å². The number of rotatable bonds is 2. The molecule has 0 saturated heterocycles. The number of halogens is 3. The highest BCUT2D eigenvalue weighted by molar-refractivity contribution is 5.85. The van der Waals surface area contributed by atoms with Gasteiger partial charge in [0.2, 0.25) is 0 Å². The average molecular weight is 262 g/mol. The quantitative estimate of drug-likeness (QED) is 0.857. The van der Waals surface area contributed by atoms with Gasteiger partial charge in [-0.2, -0.15) is 0 Å². The normalized spacial score (nSPS) is 18.5. The van der Waals surface area contributed by atoms with Crippen LogP contribution in [0.15, 0.2) is 18.2 Å². The van der Waals surface area contributed by atoms with Gasteiger partial charge in [0.1, 0.15) is 0 Å². The van der Waals surface area contributed by atoms with Crippen LogP contribution in [0.1, 0.15) is 43.7 Å². The number of hydrogen-bond donors (Lipinski definition) is 1. The minimum Gasteiger partial charge on any atom is -0.324 e. The van der Waals surface area contributed by atoms with Crippen LogP contribution < -0.4 is 5.73 Å². The Bertz CT molecular complexity index is 364. The Kier molecular flexibility index (Phi) is 5.34. The monoisotopic (exact) mass is 261 g/mol. The van der Waals surface area contributed by atoms with E-state index in [1.807, 2.05) is 0 Å². The molecule has 0 aromatic heterocycles. The van der Waals surface area contributed by atoms with E-state index < -0.39 is 11.6 Å². The van der Waals surface area contributed by atoms with Crippen LogP contribution in [0, 0.1) is 17.6 Å². The molecule has 0 radical (unpaired) electrons. The molecule has 2 N–H and O–H groups in total. The van der Waals surface area contributed by atoms with Gasteiger partial charge < -0.3 is 5.73 Å². The van der Waals surface area contributed by atoms with Crippen molar-refractivity contribution in [1.29, 1.82) is 0 Å². The molecule has 4 heteroatoms. The molecule has 1 nitrogen and oxygen atoms in total. The molecular weight excluding hydrogens is 244 g/mol. The summed E-state index contributed by atoms with van der Waals surface area (Å²) in [6.45, 7) is 0. The van der Waals surface area contributed by atoms with Gasteiger partial charge in [-0.1, -0.05) is 31.4 Å². The molecule has 1 aromatic rings. The SMILES string of the molecule is Cl.N[C@H](c1cccc(F)c1F)C1CCCCC1. The molecule has 17 heavy (non-hydrogen) atoms. The fraction of sp³-hybridized carbons (Fsp3) is 0.538. The van der Waals surface area contributed by atoms with Crippen LogP contribution in [-0.4, -0.2) is 0 Å². The Morgan fingerprint density at radius 3 is 2.41 bits per heavy atom. The fourth-order valence-electron chi connectivity index (χ4n) is 2.53. The van der Waals surface area contributed by atoms with Crippen molar-refractivity contribution in [1.82, 2.24) is 0 Å². The van der Waals surface area contributed by atoms with E-state index >= 15 is 0 Å². The van der Waals surface area contributed by atoms with Gasteiger partial charge >= 0.3 is 0 Å². The highest BCUT2D eigenvalue weighted by Crippen LogP contribution is 2.34. The number of benzene rings is 1. The second-order valence-corrected chi connectivity index (χ2v) is 4.57. The van der Waals surface area contributed by atoms with E-state index in [0.29, 0.717) is 11.5 Å². The van der Waals surface area contributed by atoms with Gasteiger partial charge in [-0.3, -0.25) is 0 Å². The highest BCUT2D eigenvalue weighted by atomic mass is 35.5. The summed E-state index contributed by atoms with van der Waals surface area (Å²) in [7, 11) is 0. The maximum atomic E-state index is 13.6. The smallest absolute Gasteiger partial charge is 0.163 e. The van der Waals surface area contributed by atoms with E-state index in [9.17, 15) is 8.78 Å². The predicted octanol–water partition coefficient (Wildman–Crippen LogP) is 3.97. The van der Waals surface area contributed by atoms with Gasteiger partial charge in [0.15, 0.2) is 11.6 Å². The third kappa shape index (κ3) is 3.17. The molecule has 0 spiro atoms. The van der Waals surface area contributed by atoms with Crippen molar-refractivity contribution in [3.63, 3.8) is 0 Å². The Balaban J connectivity index is 0.00000144. The zero-order valence-corrected chi connectivity index (χ0v) is 10.5. The van der Waals surface area contributed by atoms with E-state index in [4.69, 9.17) is 5.73 Å². The topological polar surface area (TPSA) is 26.0 Å². The summed E-state index contributed by atoms with van der Waals surface area (Å²) in [6.07, 6.45) is 5.58. The second-order valence-electron chi connectivity index (χ2n) is 4.57. The maximum Gasteiger partial charge on any atom is 0.163 e. The summed E-state index contributed by atoms with van der Waals surface area (Å²) in [5.74, 6) is -1.28. The van der Waals surface area contributed by atoms with Crippen molar-refractivity contribution in [3.05, 3.63) is 35.4 Å². The number of nitrogens with two attached hydrogens (primary N) is 1. The molecule has 1 saturated carbocycles. The van der Waals surface area contributed by atoms with Gasteiger partial charge in [0.05, 0.1) is 0 Å². The number of hydrogen-bond acceptors (Lipinski definition) is 1. The first-order valence-electron chi connectivity index (χ1n) is 5.89. The van der Waals surface area contributed by atoms with E-state index in [0.717, 1.165) is 31.7 Å². The van der Waals surface area contributed by atoms with E-state index in [1.54, 1.807) is 6.07 Å². The van der Waals surface area contributed by atoms with Crippen LogP contribution in [0.5, 0.6) is 0 Å². The summed E-state index contributed by atoms with van der Waals surface area (Å²) < 4.78 is 26.6. The molecule has 96 valence electrons. The Morgan fingerprint density at radius 1 is 1.12 bits per heavy atom. The van der Waals surface area contributed by atoms with Gasteiger partial charge in [-0.05, 0) is 24.8 Å². The summed E-state index contributed by atoms with van der Waals surface area (Å²) >= 11 is 0. The lowest BCUT2D eigenvalue weighted by Crippen LogP contribution is -2.24. The van der Waals surface area contributed by atoms with E-state index in [1.165, 1.54) is 12.5 Å². The maximum absolute atomic E-state index is 13.6. The van der Waals surface area contributed by atoms with E-state index in [-0.39, 0.29) is 18.4 Å². The third-order valence-electron chi connectivity index (χ3n) is 3.50. The van der Waals surface area contributed by atoms with Crippen LogP contribution in [0.25, 0.3) is 0 Å². The molecule has 1 aromatic carbocycles. The van der Waals surface area contributed by atoms with Crippen molar-refractivity contribution in [2.24, 2.45) is 11.7 Å². The summed E-state index contributed by atoms with van der Waals surface area (Å²) in [4.78, 5) is 0. The summed E-state index contributed by atoms with van der Waals surface area (Å²) in [6, 6.07) is 3.89. The lowest BCUT2D eigenvalue weighted by atomic mass is 9.81. The standard InChI is InChI=1S/C13H17F2N.ClH/c14-11-8-4-7-10(12(11)15)13(16)9-5-2-1-3-6-9;/h4,7-9,13H,1-3,5-6,16H2;1H/t13-;/m0./s1. The van der Waals surface area contributed by atoms with Crippen molar-refractivity contribution in [3.8, 4) is 0 Å². The minimum atomic E-state index is -0.802. The molecule has 0 amide bonds. The van der Waals surface area contributed by atoms with Gasteiger partial charge in [0, 0.05) is 11.6 Å². The molecule has 0 bridgehead atoms. The van der Waals surface area contributed by atoms with Crippen LogP contribution in [-0.2, 0) is 0 Å². The Hall–Kier alpha value is -0.670. The molecule has 1 aliphatic rings. The minimum absolute atomic E-state index is 0. The van der Waals surface area contributed by atoms with E-state index in [2.05, 4.69) is 0 Å². The average Bonchev–Trinajstić information content (AvgIpc) is 2.33. The van der Waals surface area contributed by atoms with Crippen LogP contribution in [0.2, 0.25) is 0 Å². The first-order chi connectivity index (χ1) is 7.70. The predicted molar refractivity (Wildman–Crippen MR) is 67.1 cm³/mol. The van der Waals surface area contributed by atoms with Gasteiger partial charge in [-0.25, -0.2) is 8.78 Å². The van der Waals surface area contributed by atoms with Crippen molar-refractivity contribution in [2.75, 3.05) is 0 Å². The summed E-state index contributed by atoms with van der Waals surface area (Å²) in [5.41, 5.74) is 6.36. The largest absolute Gasteiger partial charge is 0.324 e. The highest BCUT2D eigenvalue weighted by Gasteiger charge is 2.24. The van der Waals surface area contributed by atoms with Gasteiger partial charge in [0.25, 0.3) is 0 Å². The molecule has 0 aliphatic heterocycles. The summed E-state index contributed by atoms with van der Waals surface area (Å²) in [5, 5.41) is 0. The zero-order chi connectivity index (χ0) is 11.5. The van der Waals surface area contributed by atoms with Crippen molar-refractivity contribution < 1.29 is 8.78 Å². The van der Waals surface area contributed by atoms with Crippen molar-refractivity contribution in [2.45, 2.75) is 38.1 Å². The molecule has 1 aliphatic carbocycles. The third-order valence-corrected chi connectivity index (χ3v) is 3.50. The molecule has 0 heterocycles. The van der Waals surface area contributed by atoms with Crippen LogP contribution >= 0.6 is 12.4 Å². The zero-order valence-electron chi connectivity index (χ0n) is 9.66. The fourth-order valence-corrected chi connectivity index (χ4v) is 2.53. The molecular formula is C13H18ClF2N. The van der Waals surface area contributed by atoms with Crippen LogP contribution in [0.4, 0.5) is 8.78 Å². The lowest BCUT2D eigenvalue weighted by Gasteiger charge is -2.27. The van der Waals surface area contributed by atoms with Gasteiger partial charge in [-0.15, -0.1) is 12.4 Å².